The number of aliphatic hydroxyl groups excluding tert-OH is 1. The van der Waals surface area contributed by atoms with Crippen molar-refractivity contribution in [3.8, 4) is 0 Å². The quantitative estimate of drug-likeness (QED) is 0.889. The van der Waals surface area contributed by atoms with Crippen LogP contribution in [0.2, 0.25) is 0 Å². The number of fused-ring (bicyclic) bond motifs is 1. The van der Waals surface area contributed by atoms with Crippen LogP contribution in [0.25, 0.3) is 0 Å². The van der Waals surface area contributed by atoms with Crippen molar-refractivity contribution in [3.05, 3.63) is 47.5 Å². The molecule has 0 fully saturated rings. The zero-order valence-electron chi connectivity index (χ0n) is 11.3. The minimum Gasteiger partial charge on any atom is -0.387 e. The molecule has 2 N–H and O–H groups in total. The summed E-state index contributed by atoms with van der Waals surface area (Å²) in [5.74, 6) is -0.215. The summed E-state index contributed by atoms with van der Waals surface area (Å²) in [5.41, 5.74) is -0.0280. The lowest BCUT2D eigenvalue weighted by atomic mass is 10.1. The van der Waals surface area contributed by atoms with E-state index in [-0.39, 0.29) is 18.2 Å². The van der Waals surface area contributed by atoms with Crippen LogP contribution in [0.3, 0.4) is 0 Å². The number of aryl methyl sites for hydroxylation is 1. The highest BCUT2D eigenvalue weighted by Gasteiger charge is 2.21. The van der Waals surface area contributed by atoms with Gasteiger partial charge >= 0.3 is 0 Å². The average molecular weight is 294 g/mol. The normalized spacial score (nSPS) is 19.3. The Morgan fingerprint density at radius 3 is 3.14 bits per heavy atom. The van der Waals surface area contributed by atoms with Gasteiger partial charge in [-0.15, -0.1) is 0 Å². The topological polar surface area (TPSA) is 63.0 Å². The van der Waals surface area contributed by atoms with Crippen LogP contribution in [0.15, 0.2) is 24.5 Å². The third kappa shape index (κ3) is 3.08. The van der Waals surface area contributed by atoms with Crippen molar-refractivity contribution in [1.82, 2.24) is 20.1 Å². The standard InChI is InChI=1S/C14H16F2N4O/c15-9-1-3-12(16)11(5-9)13(21)6-17-10-2-4-14-18-8-19-20(14)7-10/h1,3,5,8,10,13,17,21H,2,4,6-7H2/t10-,13+/m1/s1. The Balaban J connectivity index is 1.59. The zero-order chi connectivity index (χ0) is 14.8. The Labute approximate surface area is 120 Å². The molecule has 3 rings (SSSR count). The lowest BCUT2D eigenvalue weighted by Gasteiger charge is -2.25. The number of rotatable bonds is 4. The first kappa shape index (κ1) is 14.1. The van der Waals surface area contributed by atoms with Gasteiger partial charge in [0.05, 0.1) is 12.6 Å². The summed E-state index contributed by atoms with van der Waals surface area (Å²) in [6.07, 6.45) is 2.12. The lowest BCUT2D eigenvalue weighted by Crippen LogP contribution is -2.39. The molecule has 2 aromatic rings. The monoisotopic (exact) mass is 294 g/mol. The predicted octanol–water partition coefficient (Wildman–Crippen LogP) is 1.19. The number of nitrogens with one attached hydrogen (secondary N) is 1. The minimum absolute atomic E-state index is 0.0280. The maximum Gasteiger partial charge on any atom is 0.138 e. The molecule has 5 nitrogen and oxygen atoms in total. The van der Waals surface area contributed by atoms with Gasteiger partial charge in [0.1, 0.15) is 23.8 Å². The summed E-state index contributed by atoms with van der Waals surface area (Å²) < 4.78 is 28.5. The first-order valence-corrected chi connectivity index (χ1v) is 6.86. The maximum atomic E-state index is 13.6. The van der Waals surface area contributed by atoms with Crippen molar-refractivity contribution in [2.45, 2.75) is 31.5 Å². The summed E-state index contributed by atoms with van der Waals surface area (Å²) in [6, 6.07) is 3.21. The summed E-state index contributed by atoms with van der Waals surface area (Å²) in [4.78, 5) is 4.14. The minimum atomic E-state index is -1.09. The second-order valence-corrected chi connectivity index (χ2v) is 5.18. The van der Waals surface area contributed by atoms with Crippen LogP contribution in [0.4, 0.5) is 8.78 Å². The van der Waals surface area contributed by atoms with Gasteiger partial charge in [-0.1, -0.05) is 0 Å². The molecule has 0 saturated heterocycles. The molecule has 0 saturated carbocycles. The zero-order valence-corrected chi connectivity index (χ0v) is 11.3. The Morgan fingerprint density at radius 2 is 2.29 bits per heavy atom. The fourth-order valence-electron chi connectivity index (χ4n) is 2.56. The predicted molar refractivity (Wildman–Crippen MR) is 71.5 cm³/mol. The first-order chi connectivity index (χ1) is 10.1. The summed E-state index contributed by atoms with van der Waals surface area (Å²) >= 11 is 0. The third-order valence-electron chi connectivity index (χ3n) is 3.72. The fourth-order valence-corrected chi connectivity index (χ4v) is 2.56. The Bertz CT molecular complexity index is 631. The molecular formula is C14H16F2N4O. The molecule has 21 heavy (non-hydrogen) atoms. The molecule has 1 aromatic carbocycles. The van der Waals surface area contributed by atoms with E-state index in [2.05, 4.69) is 15.4 Å². The van der Waals surface area contributed by atoms with E-state index in [1.807, 2.05) is 4.68 Å². The van der Waals surface area contributed by atoms with Crippen molar-refractivity contribution >= 4 is 0 Å². The number of aromatic nitrogens is 3. The van der Waals surface area contributed by atoms with E-state index in [0.29, 0.717) is 6.54 Å². The molecule has 0 spiro atoms. The molecule has 1 aromatic heterocycles. The largest absolute Gasteiger partial charge is 0.387 e. The van der Waals surface area contributed by atoms with E-state index in [9.17, 15) is 13.9 Å². The van der Waals surface area contributed by atoms with Crippen LogP contribution < -0.4 is 5.32 Å². The highest BCUT2D eigenvalue weighted by atomic mass is 19.1. The van der Waals surface area contributed by atoms with E-state index in [1.54, 1.807) is 0 Å². The Hall–Kier alpha value is -1.86. The summed E-state index contributed by atoms with van der Waals surface area (Å²) in [6.45, 7) is 0.822. The molecule has 2 atom stereocenters. The molecule has 0 amide bonds. The van der Waals surface area contributed by atoms with Gasteiger partial charge in [-0.05, 0) is 24.6 Å². The van der Waals surface area contributed by atoms with Crippen molar-refractivity contribution in [2.24, 2.45) is 0 Å². The van der Waals surface area contributed by atoms with E-state index < -0.39 is 17.7 Å². The molecule has 0 radical (unpaired) electrons. The SMILES string of the molecule is O[C@@H](CN[C@@H]1CCc2ncnn2C1)c1cc(F)ccc1F. The van der Waals surface area contributed by atoms with Crippen LogP contribution in [0.5, 0.6) is 0 Å². The Morgan fingerprint density at radius 1 is 1.43 bits per heavy atom. The maximum absolute atomic E-state index is 13.6. The first-order valence-electron chi connectivity index (χ1n) is 6.86. The number of hydrogen-bond acceptors (Lipinski definition) is 4. The van der Waals surface area contributed by atoms with Crippen LogP contribution >= 0.6 is 0 Å². The van der Waals surface area contributed by atoms with E-state index in [4.69, 9.17) is 0 Å². The van der Waals surface area contributed by atoms with Gasteiger partial charge in [-0.2, -0.15) is 5.10 Å². The molecule has 0 unspecified atom stereocenters. The molecule has 0 aliphatic carbocycles. The average Bonchev–Trinajstić information content (AvgIpc) is 2.94. The number of hydrogen-bond donors (Lipinski definition) is 2. The number of aliphatic hydroxyl groups is 1. The van der Waals surface area contributed by atoms with Crippen LogP contribution in [0.1, 0.15) is 23.9 Å². The highest BCUT2D eigenvalue weighted by Crippen LogP contribution is 2.18. The molecule has 1 aliphatic rings. The second kappa shape index (κ2) is 5.87. The van der Waals surface area contributed by atoms with Crippen LogP contribution in [0, 0.1) is 11.6 Å². The van der Waals surface area contributed by atoms with Crippen molar-refractivity contribution in [1.29, 1.82) is 0 Å². The van der Waals surface area contributed by atoms with Crippen LogP contribution in [-0.4, -0.2) is 32.5 Å². The highest BCUT2D eigenvalue weighted by molar-refractivity contribution is 5.21. The van der Waals surface area contributed by atoms with Crippen molar-refractivity contribution < 1.29 is 13.9 Å². The van der Waals surface area contributed by atoms with E-state index in [0.717, 1.165) is 36.9 Å². The number of benzene rings is 1. The Kier molecular flexibility index (Phi) is 3.94. The summed E-state index contributed by atoms with van der Waals surface area (Å²) in [7, 11) is 0. The number of nitrogens with zero attached hydrogens (tertiary/aromatic N) is 3. The second-order valence-electron chi connectivity index (χ2n) is 5.18. The summed E-state index contributed by atoms with van der Waals surface area (Å²) in [5, 5.41) is 17.3. The van der Waals surface area contributed by atoms with E-state index in [1.165, 1.54) is 6.33 Å². The molecule has 7 heteroatoms. The molecular weight excluding hydrogens is 278 g/mol. The van der Waals surface area contributed by atoms with Gasteiger partial charge in [-0.25, -0.2) is 18.4 Å². The smallest absolute Gasteiger partial charge is 0.138 e. The molecule has 0 bridgehead atoms. The van der Waals surface area contributed by atoms with Crippen molar-refractivity contribution in [2.75, 3.05) is 6.54 Å². The number of halogens is 2. The van der Waals surface area contributed by atoms with E-state index >= 15 is 0 Å². The molecule has 112 valence electrons. The molecule has 1 aliphatic heterocycles. The van der Waals surface area contributed by atoms with Crippen LogP contribution in [-0.2, 0) is 13.0 Å². The third-order valence-corrected chi connectivity index (χ3v) is 3.72. The van der Waals surface area contributed by atoms with Crippen molar-refractivity contribution in [3.63, 3.8) is 0 Å². The van der Waals surface area contributed by atoms with Gasteiger partial charge in [0, 0.05) is 24.6 Å². The molecule has 2 heterocycles. The van der Waals surface area contributed by atoms with Gasteiger partial charge < -0.3 is 10.4 Å². The van der Waals surface area contributed by atoms with Gasteiger partial charge in [0.25, 0.3) is 0 Å². The fraction of sp³-hybridized carbons (Fsp3) is 0.429. The lowest BCUT2D eigenvalue weighted by molar-refractivity contribution is 0.160. The van der Waals surface area contributed by atoms with Gasteiger partial charge in [-0.3, -0.25) is 0 Å². The van der Waals surface area contributed by atoms with Gasteiger partial charge in [0.15, 0.2) is 0 Å². The van der Waals surface area contributed by atoms with Gasteiger partial charge in [0.2, 0.25) is 0 Å².